The highest BCUT2D eigenvalue weighted by Crippen LogP contribution is 2.16. The fraction of sp³-hybridized carbons (Fsp3) is 0.389. The van der Waals surface area contributed by atoms with Crippen LogP contribution in [0.4, 0.5) is 5.69 Å². The molecule has 1 N–H and O–H groups in total. The zero-order valence-corrected chi connectivity index (χ0v) is 19.1. The number of benzene rings is 1. The number of guanidine groups is 1. The molecule has 0 bridgehead atoms. The lowest BCUT2D eigenvalue weighted by atomic mass is 10.3. The van der Waals surface area contributed by atoms with Crippen LogP contribution in [0.3, 0.4) is 0 Å². The van der Waals surface area contributed by atoms with Crippen LogP contribution in [0.25, 0.3) is 0 Å². The van der Waals surface area contributed by atoms with Crippen LogP contribution in [0.5, 0.6) is 0 Å². The maximum Gasteiger partial charge on any atom is 0.246 e. The van der Waals surface area contributed by atoms with E-state index in [1.165, 1.54) is 0 Å². The van der Waals surface area contributed by atoms with Crippen molar-refractivity contribution in [1.29, 1.82) is 0 Å². The molecule has 8 nitrogen and oxygen atoms in total. The van der Waals surface area contributed by atoms with Crippen LogP contribution in [-0.2, 0) is 22.6 Å². The topological polar surface area (TPSA) is 82.8 Å². The Morgan fingerprint density at radius 1 is 1.29 bits per heavy atom. The third kappa shape index (κ3) is 5.53. The van der Waals surface area contributed by atoms with Crippen molar-refractivity contribution >= 4 is 52.3 Å². The van der Waals surface area contributed by atoms with E-state index >= 15 is 0 Å². The molecule has 10 heteroatoms. The molecule has 1 amide bonds. The third-order valence-corrected chi connectivity index (χ3v) is 5.68. The van der Waals surface area contributed by atoms with E-state index in [0.717, 1.165) is 10.6 Å². The minimum atomic E-state index is -1.06. The van der Waals surface area contributed by atoms with Crippen molar-refractivity contribution in [3.8, 4) is 0 Å². The Bertz CT molecular complexity index is 842. The van der Waals surface area contributed by atoms with E-state index < -0.39 is 10.8 Å². The number of aromatic nitrogens is 2. The lowest BCUT2D eigenvalue weighted by molar-refractivity contribution is -0.120. The van der Waals surface area contributed by atoms with Gasteiger partial charge in [0.2, 0.25) is 5.91 Å². The number of hydrogen-bond acceptors (Lipinski definition) is 4. The van der Waals surface area contributed by atoms with Crippen molar-refractivity contribution < 1.29 is 9.00 Å². The first-order valence-electron chi connectivity index (χ1n) is 8.76. The Hall–Kier alpha value is -1.95. The first-order chi connectivity index (χ1) is 13.1. The number of anilines is 1. The highest BCUT2D eigenvalue weighted by molar-refractivity contribution is 14.0. The number of halogens is 1. The Morgan fingerprint density at radius 3 is 2.64 bits per heavy atom. The standard InChI is InChI=1S/C18H24N6O2S.HI/c1-19-18(20-8-11-27(26)16-6-4-3-5-7-16)23-9-10-24(17(25)14-23)15-12-21-22(2)13-15;/h3-7,12-13H,8-11,14H2,1-2H3,(H,19,20);1H. The molecule has 1 aliphatic heterocycles. The van der Waals surface area contributed by atoms with E-state index in [1.54, 1.807) is 22.8 Å². The summed E-state index contributed by atoms with van der Waals surface area (Å²) in [6, 6.07) is 9.39. The average Bonchev–Trinajstić information content (AvgIpc) is 3.11. The van der Waals surface area contributed by atoms with Crippen molar-refractivity contribution in [3.05, 3.63) is 42.7 Å². The second kappa shape index (κ2) is 10.6. The van der Waals surface area contributed by atoms with Gasteiger partial charge in [-0.05, 0) is 12.1 Å². The van der Waals surface area contributed by atoms with Crippen LogP contribution in [0, 0.1) is 0 Å². The van der Waals surface area contributed by atoms with Gasteiger partial charge in [0.15, 0.2) is 5.96 Å². The zero-order valence-electron chi connectivity index (χ0n) is 15.9. The van der Waals surface area contributed by atoms with E-state index in [-0.39, 0.29) is 36.4 Å². The number of hydrogen-bond donors (Lipinski definition) is 1. The van der Waals surface area contributed by atoms with Gasteiger partial charge in [-0.1, -0.05) is 18.2 Å². The molecule has 1 aromatic heterocycles. The zero-order chi connectivity index (χ0) is 19.2. The number of aryl methyl sites for hydroxylation is 1. The van der Waals surface area contributed by atoms with Crippen molar-refractivity contribution in [3.63, 3.8) is 0 Å². The predicted molar refractivity (Wildman–Crippen MR) is 122 cm³/mol. The van der Waals surface area contributed by atoms with Crippen molar-refractivity contribution in [2.45, 2.75) is 4.90 Å². The number of piperazine rings is 1. The van der Waals surface area contributed by atoms with Gasteiger partial charge in [-0.3, -0.25) is 18.7 Å². The van der Waals surface area contributed by atoms with Crippen LogP contribution in [-0.4, -0.2) is 69.7 Å². The van der Waals surface area contributed by atoms with Gasteiger partial charge in [-0.25, -0.2) is 0 Å². The molecule has 28 heavy (non-hydrogen) atoms. The molecule has 0 aliphatic carbocycles. The number of carbonyl (C=O) groups is 1. The monoisotopic (exact) mass is 516 g/mol. The fourth-order valence-corrected chi connectivity index (χ4v) is 3.94. The van der Waals surface area contributed by atoms with Gasteiger partial charge in [-0.15, -0.1) is 24.0 Å². The Balaban J connectivity index is 0.00000280. The largest absolute Gasteiger partial charge is 0.355 e. The molecule has 1 aromatic carbocycles. The van der Waals surface area contributed by atoms with Crippen LogP contribution >= 0.6 is 24.0 Å². The van der Waals surface area contributed by atoms with Crippen LogP contribution < -0.4 is 10.2 Å². The molecular weight excluding hydrogens is 491 g/mol. The van der Waals surface area contributed by atoms with E-state index in [4.69, 9.17) is 0 Å². The summed E-state index contributed by atoms with van der Waals surface area (Å²) in [5.41, 5.74) is 0.809. The number of amides is 1. The number of nitrogens with zero attached hydrogens (tertiary/aromatic N) is 5. The Kier molecular flexibility index (Phi) is 8.42. The first kappa shape index (κ1) is 22.3. The number of aliphatic imine (C=N–C) groups is 1. The molecular formula is C18H25IN6O2S. The van der Waals surface area contributed by atoms with Gasteiger partial charge in [0.25, 0.3) is 0 Å². The summed E-state index contributed by atoms with van der Waals surface area (Å²) >= 11 is 0. The normalized spacial score (nSPS) is 15.9. The summed E-state index contributed by atoms with van der Waals surface area (Å²) in [4.78, 5) is 21.2. The second-order valence-electron chi connectivity index (χ2n) is 6.18. The molecule has 2 aromatic rings. The smallest absolute Gasteiger partial charge is 0.246 e. The highest BCUT2D eigenvalue weighted by atomic mass is 127. The van der Waals surface area contributed by atoms with Gasteiger partial charge in [0.05, 0.1) is 22.7 Å². The fourth-order valence-electron chi connectivity index (χ4n) is 2.95. The van der Waals surface area contributed by atoms with E-state index in [9.17, 15) is 9.00 Å². The lowest BCUT2D eigenvalue weighted by Gasteiger charge is -2.35. The second-order valence-corrected chi connectivity index (χ2v) is 7.75. The van der Waals surface area contributed by atoms with Crippen LogP contribution in [0.15, 0.2) is 52.6 Å². The summed E-state index contributed by atoms with van der Waals surface area (Å²) in [6.07, 6.45) is 3.53. The molecule has 152 valence electrons. The molecule has 1 fully saturated rings. The van der Waals surface area contributed by atoms with Crippen molar-refractivity contribution in [2.75, 3.05) is 43.9 Å². The van der Waals surface area contributed by atoms with E-state index in [1.807, 2.05) is 48.5 Å². The average molecular weight is 516 g/mol. The molecule has 2 heterocycles. The lowest BCUT2D eigenvalue weighted by Crippen LogP contribution is -2.55. The van der Waals surface area contributed by atoms with Gasteiger partial charge in [-0.2, -0.15) is 5.10 Å². The van der Waals surface area contributed by atoms with Crippen molar-refractivity contribution in [2.24, 2.45) is 12.0 Å². The number of rotatable bonds is 5. The highest BCUT2D eigenvalue weighted by Gasteiger charge is 2.27. The Morgan fingerprint density at radius 2 is 2.04 bits per heavy atom. The third-order valence-electron chi connectivity index (χ3n) is 4.31. The summed E-state index contributed by atoms with van der Waals surface area (Å²) in [6.45, 7) is 2.00. The number of nitrogens with one attached hydrogen (secondary N) is 1. The van der Waals surface area contributed by atoms with E-state index in [0.29, 0.717) is 31.3 Å². The molecule has 0 saturated carbocycles. The molecule has 0 radical (unpaired) electrons. The SMILES string of the molecule is CN=C(NCCS(=O)c1ccccc1)N1CCN(c2cnn(C)c2)C(=O)C1.I. The first-order valence-corrected chi connectivity index (χ1v) is 10.1. The summed E-state index contributed by atoms with van der Waals surface area (Å²) in [5, 5.41) is 7.34. The molecule has 1 atom stereocenters. The number of carbonyl (C=O) groups excluding carboxylic acids is 1. The minimum Gasteiger partial charge on any atom is -0.355 e. The van der Waals surface area contributed by atoms with Gasteiger partial charge in [0.1, 0.15) is 6.54 Å². The molecule has 3 rings (SSSR count). The summed E-state index contributed by atoms with van der Waals surface area (Å²) in [5.74, 6) is 1.14. The van der Waals surface area contributed by atoms with Gasteiger partial charge >= 0.3 is 0 Å². The summed E-state index contributed by atoms with van der Waals surface area (Å²) in [7, 11) is 2.46. The molecule has 1 aliphatic rings. The van der Waals surface area contributed by atoms with Crippen LogP contribution in [0.2, 0.25) is 0 Å². The Labute approximate surface area is 184 Å². The van der Waals surface area contributed by atoms with Gasteiger partial charge < -0.3 is 15.1 Å². The summed E-state index contributed by atoms with van der Waals surface area (Å²) < 4.78 is 14.0. The van der Waals surface area contributed by atoms with Crippen LogP contribution in [0.1, 0.15) is 0 Å². The maximum absolute atomic E-state index is 12.5. The molecule has 1 saturated heterocycles. The predicted octanol–water partition coefficient (Wildman–Crippen LogP) is 1.07. The van der Waals surface area contributed by atoms with Crippen molar-refractivity contribution in [1.82, 2.24) is 20.0 Å². The quantitative estimate of drug-likeness (QED) is 0.366. The molecule has 1 unspecified atom stereocenters. The van der Waals surface area contributed by atoms with Gasteiger partial charge in [0, 0.05) is 50.6 Å². The minimum absolute atomic E-state index is 0. The molecule has 0 spiro atoms. The maximum atomic E-state index is 12.5. The van der Waals surface area contributed by atoms with E-state index in [2.05, 4.69) is 15.4 Å².